The molecule has 1 saturated heterocycles. The summed E-state index contributed by atoms with van der Waals surface area (Å²) in [7, 11) is -1.88. The highest BCUT2D eigenvalue weighted by Gasteiger charge is 2.32. The van der Waals surface area contributed by atoms with E-state index in [-0.39, 0.29) is 12.6 Å². The van der Waals surface area contributed by atoms with Gasteiger partial charge in [0.15, 0.2) is 0 Å². The normalized spacial score (nSPS) is 19.0. The van der Waals surface area contributed by atoms with Crippen LogP contribution in [0.4, 0.5) is 0 Å². The van der Waals surface area contributed by atoms with Gasteiger partial charge in [-0.25, -0.2) is 0 Å². The van der Waals surface area contributed by atoms with Crippen LogP contribution in [-0.2, 0) is 10.2 Å². The molecule has 0 amide bonds. The maximum absolute atomic E-state index is 12.9. The van der Waals surface area contributed by atoms with Crippen LogP contribution < -0.4 is 0 Å². The summed E-state index contributed by atoms with van der Waals surface area (Å²) in [6.45, 7) is 1.14. The fraction of sp³-hybridized carbons (Fsp3) is 0.625. The first-order chi connectivity index (χ1) is 10.6. The van der Waals surface area contributed by atoms with E-state index in [1.54, 1.807) is 11.4 Å². The van der Waals surface area contributed by atoms with Gasteiger partial charge in [-0.1, -0.05) is 43.2 Å². The molecular weight excluding hydrogens is 300 g/mol. The Hall–Kier alpha value is -0.950. The number of hydrogen-bond acceptors (Lipinski definition) is 3. The van der Waals surface area contributed by atoms with Gasteiger partial charge in [-0.3, -0.25) is 0 Å². The number of benzene rings is 1. The van der Waals surface area contributed by atoms with Crippen molar-refractivity contribution in [1.29, 1.82) is 0 Å². The van der Waals surface area contributed by atoms with Crippen LogP contribution in [-0.4, -0.2) is 48.9 Å². The van der Waals surface area contributed by atoms with Crippen LogP contribution in [0.15, 0.2) is 30.3 Å². The Kier molecular flexibility index (Phi) is 6.37. The molecule has 0 aliphatic carbocycles. The third-order valence-corrected chi connectivity index (χ3v) is 6.28. The van der Waals surface area contributed by atoms with Gasteiger partial charge < -0.3 is 5.11 Å². The first kappa shape index (κ1) is 17.4. The number of aliphatic hydroxyl groups is 1. The Morgan fingerprint density at radius 3 is 2.27 bits per heavy atom. The van der Waals surface area contributed by atoms with Crippen LogP contribution in [0.1, 0.15) is 43.7 Å². The number of aliphatic hydroxyl groups excluding tert-OH is 1. The van der Waals surface area contributed by atoms with Crippen molar-refractivity contribution in [2.24, 2.45) is 0 Å². The Morgan fingerprint density at radius 2 is 1.73 bits per heavy atom. The maximum atomic E-state index is 12.9. The Bertz CT molecular complexity index is 540. The van der Waals surface area contributed by atoms with Crippen molar-refractivity contribution in [2.75, 3.05) is 26.7 Å². The fourth-order valence-corrected chi connectivity index (χ4v) is 4.60. The molecule has 6 heteroatoms. The van der Waals surface area contributed by atoms with E-state index in [0.717, 1.165) is 31.2 Å². The molecule has 1 aromatic rings. The number of hydrogen-bond donors (Lipinski definition) is 1. The molecule has 1 fully saturated rings. The molecule has 1 aromatic carbocycles. The molecule has 0 radical (unpaired) electrons. The molecule has 124 valence electrons. The van der Waals surface area contributed by atoms with Crippen LogP contribution in [0.2, 0.25) is 0 Å². The van der Waals surface area contributed by atoms with Crippen molar-refractivity contribution in [2.45, 2.75) is 38.1 Å². The van der Waals surface area contributed by atoms with Gasteiger partial charge in [0.05, 0.1) is 6.04 Å². The third kappa shape index (κ3) is 4.07. The smallest absolute Gasteiger partial charge is 0.282 e. The number of nitrogens with zero attached hydrogens (tertiary/aromatic N) is 2. The summed E-state index contributed by atoms with van der Waals surface area (Å²) in [5, 5.41) is 9.33. The zero-order valence-corrected chi connectivity index (χ0v) is 14.0. The first-order valence-corrected chi connectivity index (χ1v) is 9.36. The van der Waals surface area contributed by atoms with Crippen LogP contribution in [0, 0.1) is 0 Å². The van der Waals surface area contributed by atoms with Gasteiger partial charge in [-0.05, 0) is 24.8 Å². The van der Waals surface area contributed by atoms with Gasteiger partial charge >= 0.3 is 0 Å². The summed E-state index contributed by atoms with van der Waals surface area (Å²) in [6, 6.07) is 9.18. The molecule has 1 atom stereocenters. The quantitative estimate of drug-likeness (QED) is 0.871. The SMILES string of the molecule is CN([C@@H](CCO)c1ccccc1)S(=O)(=O)N1CCCCCC1. The van der Waals surface area contributed by atoms with E-state index in [2.05, 4.69) is 0 Å². The van der Waals surface area contributed by atoms with E-state index >= 15 is 0 Å². The second-order valence-corrected chi connectivity index (χ2v) is 7.76. The van der Waals surface area contributed by atoms with Gasteiger partial charge in [0.25, 0.3) is 10.2 Å². The molecule has 2 rings (SSSR count). The minimum absolute atomic E-state index is 0.0422. The second-order valence-electron chi connectivity index (χ2n) is 5.78. The molecule has 0 aromatic heterocycles. The largest absolute Gasteiger partial charge is 0.396 e. The average Bonchev–Trinajstić information content (AvgIpc) is 2.82. The third-order valence-electron chi connectivity index (χ3n) is 4.28. The van der Waals surface area contributed by atoms with E-state index < -0.39 is 10.2 Å². The molecule has 1 aliphatic rings. The summed E-state index contributed by atoms with van der Waals surface area (Å²) in [5.41, 5.74) is 0.914. The lowest BCUT2D eigenvalue weighted by Gasteiger charge is -2.32. The van der Waals surface area contributed by atoms with E-state index in [0.29, 0.717) is 19.5 Å². The van der Waals surface area contributed by atoms with E-state index in [1.165, 1.54) is 4.31 Å². The monoisotopic (exact) mass is 326 g/mol. The van der Waals surface area contributed by atoms with Crippen molar-refractivity contribution < 1.29 is 13.5 Å². The topological polar surface area (TPSA) is 60.9 Å². The zero-order valence-electron chi connectivity index (χ0n) is 13.2. The van der Waals surface area contributed by atoms with Crippen molar-refractivity contribution in [1.82, 2.24) is 8.61 Å². The van der Waals surface area contributed by atoms with Crippen molar-refractivity contribution in [3.63, 3.8) is 0 Å². The predicted molar refractivity (Wildman–Crippen MR) is 87.6 cm³/mol. The lowest BCUT2D eigenvalue weighted by Crippen LogP contribution is -2.44. The minimum atomic E-state index is -3.50. The van der Waals surface area contributed by atoms with Gasteiger partial charge in [0.1, 0.15) is 0 Å². The molecule has 0 saturated carbocycles. The molecular formula is C16H26N2O3S. The molecule has 0 spiro atoms. The van der Waals surface area contributed by atoms with Crippen LogP contribution in [0.5, 0.6) is 0 Å². The fourth-order valence-electron chi connectivity index (χ4n) is 2.97. The summed E-state index contributed by atoms with van der Waals surface area (Å²) in [6.07, 6.45) is 4.42. The average molecular weight is 326 g/mol. The van der Waals surface area contributed by atoms with E-state index in [4.69, 9.17) is 0 Å². The molecule has 1 heterocycles. The second kappa shape index (κ2) is 8.06. The van der Waals surface area contributed by atoms with Crippen LogP contribution in [0.3, 0.4) is 0 Å². The van der Waals surface area contributed by atoms with Gasteiger partial charge in [0.2, 0.25) is 0 Å². The summed E-state index contributed by atoms with van der Waals surface area (Å²) < 4.78 is 28.8. The Labute approximate surface area is 133 Å². The lowest BCUT2D eigenvalue weighted by molar-refractivity contribution is 0.232. The van der Waals surface area contributed by atoms with Gasteiger partial charge in [-0.15, -0.1) is 0 Å². The van der Waals surface area contributed by atoms with E-state index in [1.807, 2.05) is 30.3 Å². The van der Waals surface area contributed by atoms with E-state index in [9.17, 15) is 13.5 Å². The van der Waals surface area contributed by atoms with Crippen molar-refractivity contribution in [3.8, 4) is 0 Å². The summed E-state index contributed by atoms with van der Waals surface area (Å²) in [4.78, 5) is 0. The molecule has 22 heavy (non-hydrogen) atoms. The summed E-state index contributed by atoms with van der Waals surface area (Å²) >= 11 is 0. The standard InChI is InChI=1S/C16H26N2O3S/c1-17(16(11-14-19)15-9-5-4-6-10-15)22(20,21)18-12-7-2-3-8-13-18/h4-6,9-10,16,19H,2-3,7-8,11-14H2,1H3/t16-/m0/s1. The van der Waals surface area contributed by atoms with Crippen LogP contribution >= 0.6 is 0 Å². The molecule has 1 N–H and O–H groups in total. The molecule has 1 aliphatic heterocycles. The van der Waals surface area contributed by atoms with Crippen LogP contribution in [0.25, 0.3) is 0 Å². The lowest BCUT2D eigenvalue weighted by atomic mass is 10.0. The van der Waals surface area contributed by atoms with Gasteiger partial charge in [-0.2, -0.15) is 17.0 Å². The maximum Gasteiger partial charge on any atom is 0.282 e. The predicted octanol–water partition coefficient (Wildman–Crippen LogP) is 2.16. The molecule has 0 unspecified atom stereocenters. The Morgan fingerprint density at radius 1 is 1.14 bits per heavy atom. The van der Waals surface area contributed by atoms with Gasteiger partial charge in [0, 0.05) is 26.7 Å². The van der Waals surface area contributed by atoms with Crippen molar-refractivity contribution >= 4 is 10.2 Å². The molecule has 0 bridgehead atoms. The highest BCUT2D eigenvalue weighted by atomic mass is 32.2. The first-order valence-electron chi connectivity index (χ1n) is 7.96. The zero-order chi connectivity index (χ0) is 16.0. The minimum Gasteiger partial charge on any atom is -0.396 e. The molecule has 5 nitrogen and oxygen atoms in total. The highest BCUT2D eigenvalue weighted by molar-refractivity contribution is 7.86. The highest BCUT2D eigenvalue weighted by Crippen LogP contribution is 2.27. The summed E-state index contributed by atoms with van der Waals surface area (Å²) in [5.74, 6) is 0. The number of rotatable bonds is 6. The van der Waals surface area contributed by atoms with Crippen molar-refractivity contribution in [3.05, 3.63) is 35.9 Å². The Balaban J connectivity index is 2.23.